The van der Waals surface area contributed by atoms with Crippen molar-refractivity contribution in [1.82, 2.24) is 4.31 Å². The lowest BCUT2D eigenvalue weighted by Gasteiger charge is -2.23. The van der Waals surface area contributed by atoms with E-state index in [1.807, 2.05) is 0 Å². The predicted molar refractivity (Wildman–Crippen MR) is 120 cm³/mol. The first kappa shape index (κ1) is 24.2. The van der Waals surface area contributed by atoms with E-state index >= 15 is 0 Å². The van der Waals surface area contributed by atoms with E-state index in [4.69, 9.17) is 9.47 Å². The summed E-state index contributed by atoms with van der Waals surface area (Å²) in [7, 11) is -0.0261. The lowest BCUT2D eigenvalue weighted by atomic mass is 10.2. The molecule has 0 aliphatic carbocycles. The monoisotopic (exact) mass is 473 g/mol. The van der Waals surface area contributed by atoms with Crippen LogP contribution < -0.4 is 9.47 Å². The van der Waals surface area contributed by atoms with Crippen molar-refractivity contribution in [3.8, 4) is 11.5 Å². The fraction of sp³-hybridized carbons (Fsp3) is 0.208. The van der Waals surface area contributed by atoms with Gasteiger partial charge in [-0.25, -0.2) is 17.6 Å². The minimum Gasteiger partial charge on any atom is -0.497 e. The number of halogens is 1. The zero-order valence-electron chi connectivity index (χ0n) is 18.4. The summed E-state index contributed by atoms with van der Waals surface area (Å²) in [4.78, 5) is 11.1. The van der Waals surface area contributed by atoms with E-state index in [1.165, 1.54) is 24.6 Å². The smallest absolute Gasteiger partial charge is 0.337 e. The summed E-state index contributed by atoms with van der Waals surface area (Å²) in [6.45, 7) is -0.00685. The summed E-state index contributed by atoms with van der Waals surface area (Å²) >= 11 is 0. The van der Waals surface area contributed by atoms with E-state index < -0.39 is 26.7 Å². The van der Waals surface area contributed by atoms with Gasteiger partial charge in [-0.05, 0) is 53.6 Å². The first-order valence-electron chi connectivity index (χ1n) is 9.92. The molecule has 0 aliphatic heterocycles. The van der Waals surface area contributed by atoms with Crippen molar-refractivity contribution in [2.75, 3.05) is 21.3 Å². The lowest BCUT2D eigenvalue weighted by molar-refractivity contribution is 0.0600. The summed E-state index contributed by atoms with van der Waals surface area (Å²) < 4.78 is 57.8. The van der Waals surface area contributed by atoms with Crippen LogP contribution in [0.5, 0.6) is 11.5 Å². The van der Waals surface area contributed by atoms with Crippen LogP contribution in [0.3, 0.4) is 0 Å². The molecule has 0 fully saturated rings. The summed E-state index contributed by atoms with van der Waals surface area (Å²) in [5.41, 5.74) is 1.31. The average Bonchev–Trinajstić information content (AvgIpc) is 2.83. The highest BCUT2D eigenvalue weighted by Gasteiger charge is 2.29. The van der Waals surface area contributed by atoms with Crippen LogP contribution in [0.25, 0.3) is 0 Å². The fourth-order valence-electron chi connectivity index (χ4n) is 3.19. The average molecular weight is 474 g/mol. The summed E-state index contributed by atoms with van der Waals surface area (Å²) in [6.07, 6.45) is 0. The largest absolute Gasteiger partial charge is 0.497 e. The highest BCUT2D eigenvalue weighted by molar-refractivity contribution is 7.89. The maximum Gasteiger partial charge on any atom is 0.337 e. The molecule has 0 aromatic heterocycles. The number of methoxy groups -OCH3 is 3. The third-order valence-electron chi connectivity index (χ3n) is 5.01. The molecule has 0 unspecified atom stereocenters. The Labute approximate surface area is 192 Å². The van der Waals surface area contributed by atoms with Crippen LogP contribution in [0.2, 0.25) is 0 Å². The van der Waals surface area contributed by atoms with Gasteiger partial charge in [0.2, 0.25) is 10.0 Å². The molecule has 3 rings (SSSR count). The second-order valence-electron chi connectivity index (χ2n) is 7.11. The van der Waals surface area contributed by atoms with Gasteiger partial charge in [-0.1, -0.05) is 24.3 Å². The molecule has 0 spiro atoms. The van der Waals surface area contributed by atoms with Crippen LogP contribution in [0, 0.1) is 5.82 Å². The SMILES string of the molecule is COC(=O)c1ccc(S(=O)(=O)N(Cc2ccc(OC)cc2)Cc2ccc(OC)cc2)c(F)c1. The van der Waals surface area contributed by atoms with Gasteiger partial charge in [0.25, 0.3) is 0 Å². The number of hydrogen-bond acceptors (Lipinski definition) is 6. The molecule has 0 bridgehead atoms. The number of sulfonamides is 1. The van der Waals surface area contributed by atoms with Gasteiger partial charge in [-0.3, -0.25) is 0 Å². The number of carbonyl (C=O) groups excluding carboxylic acids is 1. The first-order valence-corrected chi connectivity index (χ1v) is 11.4. The molecule has 0 radical (unpaired) electrons. The number of ether oxygens (including phenoxy) is 3. The lowest BCUT2D eigenvalue weighted by Crippen LogP contribution is -2.31. The molecule has 0 N–H and O–H groups in total. The van der Waals surface area contributed by atoms with Gasteiger partial charge >= 0.3 is 5.97 Å². The minimum atomic E-state index is -4.26. The van der Waals surface area contributed by atoms with Crippen molar-refractivity contribution in [3.63, 3.8) is 0 Å². The Morgan fingerprint density at radius 2 is 1.30 bits per heavy atom. The number of esters is 1. The highest BCUT2D eigenvalue weighted by atomic mass is 32.2. The van der Waals surface area contributed by atoms with Crippen LogP contribution in [0.15, 0.2) is 71.6 Å². The Balaban J connectivity index is 1.99. The van der Waals surface area contributed by atoms with Crippen LogP contribution in [0.1, 0.15) is 21.5 Å². The quantitative estimate of drug-likeness (QED) is 0.437. The normalized spacial score (nSPS) is 11.3. The van der Waals surface area contributed by atoms with Crippen molar-refractivity contribution < 1.29 is 31.8 Å². The third-order valence-corrected chi connectivity index (χ3v) is 6.83. The van der Waals surface area contributed by atoms with Crippen LogP contribution >= 0.6 is 0 Å². The van der Waals surface area contributed by atoms with Crippen LogP contribution in [-0.2, 0) is 27.8 Å². The fourth-order valence-corrected chi connectivity index (χ4v) is 4.65. The number of hydrogen-bond donors (Lipinski definition) is 0. The molecule has 33 heavy (non-hydrogen) atoms. The molecule has 0 saturated heterocycles. The van der Waals surface area contributed by atoms with Crippen molar-refractivity contribution >= 4 is 16.0 Å². The Bertz CT molecular complexity index is 1160. The van der Waals surface area contributed by atoms with Gasteiger partial charge in [0.1, 0.15) is 22.2 Å². The van der Waals surface area contributed by atoms with Gasteiger partial charge in [0.15, 0.2) is 0 Å². The van der Waals surface area contributed by atoms with Crippen molar-refractivity contribution in [3.05, 3.63) is 89.2 Å². The number of nitrogens with zero attached hydrogens (tertiary/aromatic N) is 1. The van der Waals surface area contributed by atoms with Gasteiger partial charge in [0, 0.05) is 13.1 Å². The zero-order valence-corrected chi connectivity index (χ0v) is 19.3. The zero-order chi connectivity index (χ0) is 24.0. The topological polar surface area (TPSA) is 82.1 Å². The number of benzene rings is 3. The van der Waals surface area contributed by atoms with Gasteiger partial charge in [0.05, 0.1) is 26.9 Å². The van der Waals surface area contributed by atoms with E-state index in [1.54, 1.807) is 48.5 Å². The molecule has 0 atom stereocenters. The van der Waals surface area contributed by atoms with E-state index in [9.17, 15) is 17.6 Å². The number of carbonyl (C=O) groups is 1. The van der Waals surface area contributed by atoms with Crippen LogP contribution in [0.4, 0.5) is 4.39 Å². The van der Waals surface area contributed by atoms with E-state index in [-0.39, 0.29) is 18.7 Å². The minimum absolute atomic E-state index is 0.00342. The molecule has 3 aromatic carbocycles. The molecule has 174 valence electrons. The molecule has 9 heteroatoms. The standard InChI is InChI=1S/C24H24FNO6S/c1-30-20-9-4-17(5-10-20)15-26(16-18-6-11-21(31-2)12-7-18)33(28,29)23-13-8-19(14-22(23)25)24(27)32-3/h4-14H,15-16H2,1-3H3. The Kier molecular flexibility index (Phi) is 7.67. The molecule has 0 aliphatic rings. The molecular weight excluding hydrogens is 449 g/mol. The summed E-state index contributed by atoms with van der Waals surface area (Å²) in [5.74, 6) is -0.529. The molecule has 0 heterocycles. The third kappa shape index (κ3) is 5.68. The Hall–Kier alpha value is -3.43. The summed E-state index contributed by atoms with van der Waals surface area (Å²) in [6, 6.07) is 17.0. The maximum atomic E-state index is 14.8. The van der Waals surface area contributed by atoms with Crippen LogP contribution in [-0.4, -0.2) is 40.0 Å². The summed E-state index contributed by atoms with van der Waals surface area (Å²) in [5, 5.41) is 0. The van der Waals surface area contributed by atoms with Crippen molar-refractivity contribution in [2.24, 2.45) is 0 Å². The van der Waals surface area contributed by atoms with Crippen molar-refractivity contribution in [2.45, 2.75) is 18.0 Å². The second kappa shape index (κ2) is 10.5. The Morgan fingerprint density at radius 3 is 1.70 bits per heavy atom. The molecular formula is C24H24FNO6S. The van der Waals surface area contributed by atoms with Gasteiger partial charge < -0.3 is 14.2 Å². The maximum absolute atomic E-state index is 14.8. The predicted octanol–water partition coefficient (Wildman–Crippen LogP) is 4.02. The highest BCUT2D eigenvalue weighted by Crippen LogP contribution is 2.26. The van der Waals surface area contributed by atoms with E-state index in [0.29, 0.717) is 22.6 Å². The van der Waals surface area contributed by atoms with Gasteiger partial charge in [-0.2, -0.15) is 4.31 Å². The molecule has 7 nitrogen and oxygen atoms in total. The Morgan fingerprint density at radius 1 is 0.818 bits per heavy atom. The van der Waals surface area contributed by atoms with E-state index in [2.05, 4.69) is 4.74 Å². The number of rotatable bonds is 9. The molecule has 0 saturated carbocycles. The van der Waals surface area contributed by atoms with Crippen molar-refractivity contribution in [1.29, 1.82) is 0 Å². The van der Waals surface area contributed by atoms with E-state index in [0.717, 1.165) is 19.2 Å². The molecule has 3 aromatic rings. The van der Waals surface area contributed by atoms with Gasteiger partial charge in [-0.15, -0.1) is 0 Å². The molecule has 0 amide bonds. The first-order chi connectivity index (χ1) is 15.8. The second-order valence-corrected chi connectivity index (χ2v) is 9.01.